The standard InChI is InChI=1S/C12H14BrNO2/c1-12(2,7-13)8-14-9-5-3-4-6-10(9)16-11(14)15/h3-6H,7-8H2,1-2H3. The number of rotatable bonds is 3. The fourth-order valence-corrected chi connectivity index (χ4v) is 1.81. The minimum absolute atomic E-state index is 0.0243. The highest BCUT2D eigenvalue weighted by Crippen LogP contribution is 2.22. The second-order valence-corrected chi connectivity index (χ2v) is 5.28. The molecule has 1 aromatic carbocycles. The molecular formula is C12H14BrNO2. The molecule has 86 valence electrons. The summed E-state index contributed by atoms with van der Waals surface area (Å²) in [5, 5.41) is 0.839. The number of fused-ring (bicyclic) bond motifs is 1. The van der Waals surface area contributed by atoms with Crippen molar-refractivity contribution >= 4 is 27.0 Å². The van der Waals surface area contributed by atoms with Crippen molar-refractivity contribution in [3.05, 3.63) is 34.8 Å². The quantitative estimate of drug-likeness (QED) is 0.812. The molecule has 1 heterocycles. The molecule has 0 atom stereocenters. The van der Waals surface area contributed by atoms with E-state index in [2.05, 4.69) is 29.8 Å². The molecule has 0 saturated carbocycles. The summed E-state index contributed by atoms with van der Waals surface area (Å²) in [6.07, 6.45) is 0. The maximum Gasteiger partial charge on any atom is 0.419 e. The molecule has 0 aliphatic carbocycles. The number of benzene rings is 1. The van der Waals surface area contributed by atoms with Gasteiger partial charge in [0, 0.05) is 11.9 Å². The Hall–Kier alpha value is -1.03. The first kappa shape index (κ1) is 11.5. The molecule has 0 aliphatic rings. The van der Waals surface area contributed by atoms with Crippen LogP contribution < -0.4 is 5.76 Å². The molecule has 0 radical (unpaired) electrons. The van der Waals surface area contributed by atoms with Crippen LogP contribution in [0.1, 0.15) is 13.8 Å². The lowest BCUT2D eigenvalue weighted by Crippen LogP contribution is -2.26. The van der Waals surface area contributed by atoms with E-state index in [0.717, 1.165) is 10.8 Å². The molecule has 0 saturated heterocycles. The molecule has 0 amide bonds. The van der Waals surface area contributed by atoms with Gasteiger partial charge in [0.2, 0.25) is 0 Å². The van der Waals surface area contributed by atoms with Crippen molar-refractivity contribution in [2.24, 2.45) is 5.41 Å². The highest BCUT2D eigenvalue weighted by molar-refractivity contribution is 9.09. The summed E-state index contributed by atoms with van der Waals surface area (Å²) >= 11 is 3.46. The lowest BCUT2D eigenvalue weighted by molar-refractivity contribution is 0.340. The third-order valence-corrected chi connectivity index (χ3v) is 4.04. The molecule has 1 aromatic heterocycles. The Bertz CT molecular complexity index is 553. The van der Waals surface area contributed by atoms with E-state index in [1.54, 1.807) is 4.57 Å². The van der Waals surface area contributed by atoms with Gasteiger partial charge in [-0.3, -0.25) is 4.57 Å². The number of hydrogen-bond donors (Lipinski definition) is 0. The predicted octanol–water partition coefficient (Wildman–Crippen LogP) is 3.02. The molecule has 0 bridgehead atoms. The van der Waals surface area contributed by atoms with Crippen LogP contribution in [0.3, 0.4) is 0 Å². The average Bonchev–Trinajstić information content (AvgIpc) is 2.56. The van der Waals surface area contributed by atoms with Crippen molar-refractivity contribution in [1.82, 2.24) is 4.57 Å². The van der Waals surface area contributed by atoms with Crippen molar-refractivity contribution in [2.75, 3.05) is 5.33 Å². The smallest absolute Gasteiger partial charge is 0.408 e. The van der Waals surface area contributed by atoms with E-state index in [9.17, 15) is 4.79 Å². The van der Waals surface area contributed by atoms with Gasteiger partial charge in [-0.25, -0.2) is 4.79 Å². The fourth-order valence-electron chi connectivity index (χ4n) is 1.63. The summed E-state index contributed by atoms with van der Waals surface area (Å²) in [5.41, 5.74) is 1.54. The van der Waals surface area contributed by atoms with E-state index in [0.29, 0.717) is 12.1 Å². The van der Waals surface area contributed by atoms with Gasteiger partial charge < -0.3 is 4.42 Å². The van der Waals surface area contributed by atoms with E-state index in [1.807, 2.05) is 24.3 Å². The molecule has 0 fully saturated rings. The Kier molecular flexibility index (Phi) is 2.93. The van der Waals surface area contributed by atoms with Gasteiger partial charge in [0.15, 0.2) is 5.58 Å². The second kappa shape index (κ2) is 4.09. The van der Waals surface area contributed by atoms with E-state index in [1.165, 1.54) is 0 Å². The van der Waals surface area contributed by atoms with E-state index >= 15 is 0 Å². The normalized spacial score (nSPS) is 12.2. The third-order valence-electron chi connectivity index (χ3n) is 2.52. The number of halogens is 1. The summed E-state index contributed by atoms with van der Waals surface area (Å²) in [7, 11) is 0. The molecule has 0 aliphatic heterocycles. The highest BCUT2D eigenvalue weighted by Gasteiger charge is 2.20. The Morgan fingerprint density at radius 2 is 2.06 bits per heavy atom. The number of alkyl halides is 1. The van der Waals surface area contributed by atoms with Crippen molar-refractivity contribution in [2.45, 2.75) is 20.4 Å². The van der Waals surface area contributed by atoms with Gasteiger partial charge in [0.1, 0.15) is 0 Å². The fraction of sp³-hybridized carbons (Fsp3) is 0.417. The Morgan fingerprint density at radius 3 is 2.75 bits per heavy atom. The van der Waals surface area contributed by atoms with Crippen LogP contribution in [0.5, 0.6) is 0 Å². The lowest BCUT2D eigenvalue weighted by Gasteiger charge is -2.21. The summed E-state index contributed by atoms with van der Waals surface area (Å²) in [4.78, 5) is 11.7. The Balaban J connectivity index is 2.52. The summed E-state index contributed by atoms with van der Waals surface area (Å²) < 4.78 is 6.87. The van der Waals surface area contributed by atoms with Crippen LogP contribution in [0.2, 0.25) is 0 Å². The number of para-hydroxylation sites is 2. The third kappa shape index (κ3) is 2.07. The first-order valence-corrected chi connectivity index (χ1v) is 6.30. The van der Waals surface area contributed by atoms with E-state index in [4.69, 9.17) is 4.42 Å². The molecule has 2 rings (SSSR count). The zero-order chi connectivity index (χ0) is 11.8. The summed E-state index contributed by atoms with van der Waals surface area (Å²) in [6, 6.07) is 7.50. The van der Waals surface area contributed by atoms with Crippen molar-refractivity contribution < 1.29 is 4.42 Å². The van der Waals surface area contributed by atoms with Gasteiger partial charge in [-0.1, -0.05) is 41.9 Å². The first-order chi connectivity index (χ1) is 7.53. The molecule has 4 heteroatoms. The number of nitrogens with zero attached hydrogens (tertiary/aromatic N) is 1. The highest BCUT2D eigenvalue weighted by atomic mass is 79.9. The Labute approximate surface area is 102 Å². The molecule has 16 heavy (non-hydrogen) atoms. The average molecular weight is 284 g/mol. The topological polar surface area (TPSA) is 35.1 Å². The zero-order valence-corrected chi connectivity index (χ0v) is 11.0. The molecule has 0 N–H and O–H groups in total. The number of oxazole rings is 1. The lowest BCUT2D eigenvalue weighted by atomic mass is 9.97. The Morgan fingerprint density at radius 1 is 1.38 bits per heavy atom. The first-order valence-electron chi connectivity index (χ1n) is 5.18. The van der Waals surface area contributed by atoms with Gasteiger partial charge in [0.25, 0.3) is 0 Å². The maximum atomic E-state index is 11.7. The SMILES string of the molecule is CC(C)(CBr)Cn1c(=O)oc2ccccc21. The minimum atomic E-state index is -0.282. The van der Waals surface area contributed by atoms with Crippen LogP contribution in [0.25, 0.3) is 11.1 Å². The van der Waals surface area contributed by atoms with Crippen LogP contribution in [-0.2, 0) is 6.54 Å². The molecular weight excluding hydrogens is 270 g/mol. The van der Waals surface area contributed by atoms with Gasteiger partial charge in [-0.2, -0.15) is 0 Å². The van der Waals surface area contributed by atoms with Gasteiger partial charge in [-0.05, 0) is 17.5 Å². The van der Waals surface area contributed by atoms with E-state index < -0.39 is 0 Å². The summed E-state index contributed by atoms with van der Waals surface area (Å²) in [5.74, 6) is -0.282. The predicted molar refractivity (Wildman–Crippen MR) is 68.0 cm³/mol. The molecule has 0 spiro atoms. The minimum Gasteiger partial charge on any atom is -0.408 e. The largest absolute Gasteiger partial charge is 0.419 e. The van der Waals surface area contributed by atoms with Crippen molar-refractivity contribution in [1.29, 1.82) is 0 Å². The molecule has 0 unspecified atom stereocenters. The second-order valence-electron chi connectivity index (χ2n) is 4.72. The van der Waals surface area contributed by atoms with Crippen molar-refractivity contribution in [3.8, 4) is 0 Å². The summed E-state index contributed by atoms with van der Waals surface area (Å²) in [6.45, 7) is 4.86. The van der Waals surface area contributed by atoms with Crippen molar-refractivity contribution in [3.63, 3.8) is 0 Å². The van der Waals surface area contributed by atoms with Gasteiger partial charge in [0.05, 0.1) is 5.52 Å². The van der Waals surface area contributed by atoms with Gasteiger partial charge >= 0.3 is 5.76 Å². The maximum absolute atomic E-state index is 11.7. The van der Waals surface area contributed by atoms with Crippen LogP contribution in [0, 0.1) is 5.41 Å². The zero-order valence-electron chi connectivity index (χ0n) is 9.37. The number of hydrogen-bond acceptors (Lipinski definition) is 2. The van der Waals surface area contributed by atoms with Gasteiger partial charge in [-0.15, -0.1) is 0 Å². The van der Waals surface area contributed by atoms with Crippen LogP contribution in [-0.4, -0.2) is 9.90 Å². The molecule has 2 aromatic rings. The van der Waals surface area contributed by atoms with Crippen LogP contribution in [0.15, 0.2) is 33.5 Å². The van der Waals surface area contributed by atoms with Crippen LogP contribution >= 0.6 is 15.9 Å². The monoisotopic (exact) mass is 283 g/mol. The van der Waals surface area contributed by atoms with E-state index in [-0.39, 0.29) is 11.2 Å². The van der Waals surface area contributed by atoms with Crippen LogP contribution in [0.4, 0.5) is 0 Å². The molecule has 3 nitrogen and oxygen atoms in total. The number of aromatic nitrogens is 1.